The Balaban J connectivity index is 0.00000512. The van der Waals surface area contributed by atoms with E-state index < -0.39 is 0 Å². The molecule has 1 saturated heterocycles. The molecular weight excluding hydrogens is 525 g/mol. The summed E-state index contributed by atoms with van der Waals surface area (Å²) in [6, 6.07) is 5.52. The lowest BCUT2D eigenvalue weighted by Gasteiger charge is -2.21. The van der Waals surface area contributed by atoms with Gasteiger partial charge in [0.05, 0.1) is 20.8 Å². The molecule has 1 aromatic carbocycles. The lowest BCUT2D eigenvalue weighted by molar-refractivity contribution is 0.0203. The van der Waals surface area contributed by atoms with E-state index in [1.807, 2.05) is 18.2 Å². The van der Waals surface area contributed by atoms with Crippen LogP contribution in [-0.4, -0.2) is 72.8 Å². The quantitative estimate of drug-likeness (QED) is 0.155. The van der Waals surface area contributed by atoms with Crippen LogP contribution < -0.4 is 24.8 Å². The molecule has 2 N–H and O–H groups in total. The largest absolute Gasteiger partial charge is 0.496 e. The maximum atomic E-state index is 5.81. The number of nitrogens with one attached hydrogen (secondary N) is 2. The van der Waals surface area contributed by atoms with Crippen LogP contribution >= 0.6 is 24.0 Å². The van der Waals surface area contributed by atoms with Gasteiger partial charge in [-0.3, -0.25) is 4.99 Å². The molecule has 0 bridgehead atoms. The summed E-state index contributed by atoms with van der Waals surface area (Å²) in [5.41, 5.74) is 0. The average molecular weight is 565 g/mol. The minimum atomic E-state index is 0. The molecule has 0 radical (unpaired) electrons. The normalized spacial score (nSPS) is 14.4. The molecule has 1 aromatic rings. The first-order chi connectivity index (χ1) is 15.2. The fourth-order valence-electron chi connectivity index (χ4n) is 3.20. The predicted octanol–water partition coefficient (Wildman–Crippen LogP) is 3.48. The number of rotatable bonds is 14. The first-order valence-corrected chi connectivity index (χ1v) is 11.3. The van der Waals surface area contributed by atoms with Gasteiger partial charge in [-0.2, -0.15) is 0 Å². The van der Waals surface area contributed by atoms with Gasteiger partial charge in [0.15, 0.2) is 5.96 Å². The number of aliphatic imine (C=N–C) groups is 1. The van der Waals surface area contributed by atoms with Crippen molar-refractivity contribution in [1.29, 1.82) is 0 Å². The van der Waals surface area contributed by atoms with E-state index in [9.17, 15) is 0 Å². The van der Waals surface area contributed by atoms with E-state index in [0.29, 0.717) is 30.6 Å². The van der Waals surface area contributed by atoms with Crippen molar-refractivity contribution in [3.63, 3.8) is 0 Å². The van der Waals surface area contributed by atoms with Crippen LogP contribution in [0.2, 0.25) is 0 Å². The van der Waals surface area contributed by atoms with Gasteiger partial charge in [-0.25, -0.2) is 0 Å². The van der Waals surface area contributed by atoms with Crippen molar-refractivity contribution in [3.05, 3.63) is 18.2 Å². The van der Waals surface area contributed by atoms with Crippen molar-refractivity contribution in [3.8, 4) is 17.2 Å². The molecular formula is C23H40IN3O5. The Morgan fingerprint density at radius 2 is 1.69 bits per heavy atom. The fourth-order valence-corrected chi connectivity index (χ4v) is 3.20. The molecule has 0 unspecified atom stereocenters. The van der Waals surface area contributed by atoms with Crippen LogP contribution in [0, 0.1) is 5.92 Å². The third kappa shape index (κ3) is 12.0. The Bertz CT molecular complexity index is 620. The number of hydrogen-bond donors (Lipinski definition) is 2. The molecule has 0 atom stereocenters. The first kappa shape index (κ1) is 28.6. The Morgan fingerprint density at radius 3 is 2.34 bits per heavy atom. The van der Waals surface area contributed by atoms with Gasteiger partial charge >= 0.3 is 0 Å². The number of halogens is 1. The van der Waals surface area contributed by atoms with Crippen LogP contribution in [0.3, 0.4) is 0 Å². The molecule has 0 aliphatic carbocycles. The number of nitrogens with zero attached hydrogens (tertiary/aromatic N) is 1. The van der Waals surface area contributed by atoms with Gasteiger partial charge in [-0.15, -0.1) is 24.0 Å². The number of methoxy groups -OCH3 is 2. The zero-order valence-electron chi connectivity index (χ0n) is 19.7. The highest BCUT2D eigenvalue weighted by molar-refractivity contribution is 14.0. The van der Waals surface area contributed by atoms with Crippen molar-refractivity contribution < 1.29 is 23.7 Å². The van der Waals surface area contributed by atoms with Gasteiger partial charge in [0, 0.05) is 70.7 Å². The Kier molecular flexibility index (Phi) is 16.1. The minimum absolute atomic E-state index is 0. The minimum Gasteiger partial charge on any atom is -0.496 e. The van der Waals surface area contributed by atoms with Gasteiger partial charge < -0.3 is 34.3 Å². The molecule has 1 fully saturated rings. The summed E-state index contributed by atoms with van der Waals surface area (Å²) >= 11 is 0. The molecule has 2 rings (SSSR count). The maximum absolute atomic E-state index is 5.81. The summed E-state index contributed by atoms with van der Waals surface area (Å²) < 4.78 is 27.5. The van der Waals surface area contributed by atoms with E-state index in [-0.39, 0.29) is 24.0 Å². The van der Waals surface area contributed by atoms with Crippen LogP contribution in [0.15, 0.2) is 23.2 Å². The molecule has 8 nitrogen and oxygen atoms in total. The van der Waals surface area contributed by atoms with Crippen molar-refractivity contribution >= 4 is 29.9 Å². The van der Waals surface area contributed by atoms with Crippen molar-refractivity contribution in [1.82, 2.24) is 10.6 Å². The van der Waals surface area contributed by atoms with Crippen molar-refractivity contribution in [2.24, 2.45) is 10.9 Å². The Hall–Kier alpha value is -1.46. The lowest BCUT2D eigenvalue weighted by atomic mass is 10.0. The summed E-state index contributed by atoms with van der Waals surface area (Å²) in [7, 11) is 3.25. The average Bonchev–Trinajstić information content (AvgIpc) is 2.81. The van der Waals surface area contributed by atoms with Gasteiger partial charge in [0.25, 0.3) is 0 Å². The second-order valence-electron chi connectivity index (χ2n) is 7.42. The SMILES string of the molecule is CCNC(=NCCCOc1cc(OC)cc(OC)c1)NCCCOCC1CCOCC1.I. The van der Waals surface area contributed by atoms with E-state index in [1.165, 1.54) is 0 Å². The second-order valence-corrected chi connectivity index (χ2v) is 7.42. The van der Waals surface area contributed by atoms with Gasteiger partial charge in [-0.1, -0.05) is 0 Å². The predicted molar refractivity (Wildman–Crippen MR) is 138 cm³/mol. The number of hydrogen-bond acceptors (Lipinski definition) is 6. The third-order valence-electron chi connectivity index (χ3n) is 4.96. The third-order valence-corrected chi connectivity index (χ3v) is 4.96. The molecule has 9 heteroatoms. The fraction of sp³-hybridized carbons (Fsp3) is 0.696. The highest BCUT2D eigenvalue weighted by Crippen LogP contribution is 2.27. The zero-order chi connectivity index (χ0) is 22.2. The number of ether oxygens (including phenoxy) is 5. The van der Waals surface area contributed by atoms with Gasteiger partial charge in [-0.05, 0) is 32.1 Å². The smallest absolute Gasteiger partial charge is 0.191 e. The highest BCUT2D eigenvalue weighted by atomic mass is 127. The van der Waals surface area contributed by atoms with Crippen LogP contribution in [0.25, 0.3) is 0 Å². The topological polar surface area (TPSA) is 82.6 Å². The van der Waals surface area contributed by atoms with Gasteiger partial charge in [0.1, 0.15) is 17.2 Å². The molecule has 0 aromatic heterocycles. The highest BCUT2D eigenvalue weighted by Gasteiger charge is 2.13. The molecule has 0 amide bonds. The van der Waals surface area contributed by atoms with Crippen LogP contribution in [0.1, 0.15) is 32.6 Å². The molecule has 0 spiro atoms. The Morgan fingerprint density at radius 1 is 1.00 bits per heavy atom. The van der Waals surface area contributed by atoms with E-state index >= 15 is 0 Å². The van der Waals surface area contributed by atoms with Crippen molar-refractivity contribution in [2.75, 3.05) is 66.9 Å². The van der Waals surface area contributed by atoms with E-state index in [1.54, 1.807) is 14.2 Å². The lowest BCUT2D eigenvalue weighted by Crippen LogP contribution is -2.38. The number of guanidine groups is 1. The molecule has 0 saturated carbocycles. The summed E-state index contributed by atoms with van der Waals surface area (Å²) in [6.45, 7) is 8.32. The first-order valence-electron chi connectivity index (χ1n) is 11.3. The molecule has 1 heterocycles. The maximum Gasteiger partial charge on any atom is 0.191 e. The van der Waals surface area contributed by atoms with Crippen LogP contribution in [0.4, 0.5) is 0 Å². The zero-order valence-corrected chi connectivity index (χ0v) is 22.0. The summed E-state index contributed by atoms with van der Waals surface area (Å²) in [4.78, 5) is 4.61. The number of benzene rings is 1. The summed E-state index contributed by atoms with van der Waals surface area (Å²) in [5, 5.41) is 6.64. The Labute approximate surface area is 209 Å². The van der Waals surface area contributed by atoms with E-state index in [0.717, 1.165) is 76.9 Å². The summed E-state index contributed by atoms with van der Waals surface area (Å²) in [6.07, 6.45) is 3.99. The molecule has 1 aliphatic heterocycles. The monoisotopic (exact) mass is 565 g/mol. The standard InChI is InChI=1S/C23H39N3O5.HI/c1-4-24-23(25-9-5-11-30-18-19-7-13-29-14-8-19)26-10-6-12-31-22-16-20(27-2)15-21(17-22)28-3;/h15-17,19H,4-14,18H2,1-3H3,(H2,24,25,26);1H. The molecule has 32 heavy (non-hydrogen) atoms. The van der Waals surface area contributed by atoms with Crippen LogP contribution in [-0.2, 0) is 9.47 Å². The van der Waals surface area contributed by atoms with Crippen LogP contribution in [0.5, 0.6) is 17.2 Å². The van der Waals surface area contributed by atoms with Gasteiger partial charge in [0.2, 0.25) is 0 Å². The van der Waals surface area contributed by atoms with E-state index in [2.05, 4.69) is 22.5 Å². The molecule has 184 valence electrons. The second kappa shape index (κ2) is 18.0. The van der Waals surface area contributed by atoms with E-state index in [4.69, 9.17) is 23.7 Å². The molecule has 1 aliphatic rings. The van der Waals surface area contributed by atoms with Crippen molar-refractivity contribution in [2.45, 2.75) is 32.6 Å². The summed E-state index contributed by atoms with van der Waals surface area (Å²) in [5.74, 6) is 3.63.